The lowest BCUT2D eigenvalue weighted by Crippen LogP contribution is -2.55. The second kappa shape index (κ2) is 10.3. The maximum Gasteiger partial charge on any atom is 0.573 e. The molecule has 0 saturated carbocycles. The Bertz CT molecular complexity index is 1540. The maximum absolute atomic E-state index is 13.6. The number of furan rings is 1. The molecule has 5 rings (SSSR count). The highest BCUT2D eigenvalue weighted by Crippen LogP contribution is 2.26. The van der Waals surface area contributed by atoms with Gasteiger partial charge in [-0.1, -0.05) is 48.5 Å². The summed E-state index contributed by atoms with van der Waals surface area (Å²) >= 11 is 0. The van der Waals surface area contributed by atoms with Crippen LogP contribution in [0.3, 0.4) is 0 Å². The van der Waals surface area contributed by atoms with Crippen LogP contribution in [-0.4, -0.2) is 22.8 Å². The molecule has 0 bridgehead atoms. The number of halogens is 3. The fourth-order valence-electron chi connectivity index (χ4n) is 4.52. The highest BCUT2D eigenvalue weighted by molar-refractivity contribution is 5.89. The van der Waals surface area contributed by atoms with Gasteiger partial charge in [-0.05, 0) is 48.4 Å². The average Bonchev–Trinajstić information content (AvgIpc) is 3.49. The molecule has 2 heterocycles. The number of fused-ring (bicyclic) bond motifs is 2. The molecule has 0 fully saturated rings. The number of nitrogens with one attached hydrogen (secondary N) is 3. The molecule has 6 nitrogen and oxygen atoms in total. The summed E-state index contributed by atoms with van der Waals surface area (Å²) in [6.45, 7) is 2.13. The van der Waals surface area contributed by atoms with Gasteiger partial charge in [-0.3, -0.25) is 10.1 Å². The number of aromatic amines is 1. The number of carbonyl (C=O) groups is 1. The van der Waals surface area contributed by atoms with Crippen LogP contribution in [0.15, 0.2) is 89.5 Å². The third kappa shape index (κ3) is 5.84. The lowest BCUT2D eigenvalue weighted by molar-refractivity contribution is -0.274. The van der Waals surface area contributed by atoms with E-state index in [1.165, 1.54) is 18.2 Å². The Kier molecular flexibility index (Phi) is 6.86. The standard InChI is InChI=1S/C29H26F3N3O3/c1-28(15-21-17-33-25-11-4-3-10-24(21)25,35-18-23-14-20-8-2-5-12-26(20)37-23)27(36)34-16-19-7-6-9-22(13-19)38-29(30,31)32/h2-14,17,33,35H,15-16,18H2,1H3,(H,34,36). The van der Waals surface area contributed by atoms with Crippen LogP contribution in [0.25, 0.3) is 21.9 Å². The Morgan fingerprint density at radius 2 is 1.76 bits per heavy atom. The summed E-state index contributed by atoms with van der Waals surface area (Å²) in [7, 11) is 0. The van der Waals surface area contributed by atoms with Gasteiger partial charge in [0.1, 0.15) is 17.1 Å². The van der Waals surface area contributed by atoms with Crippen LogP contribution in [0.5, 0.6) is 5.75 Å². The summed E-state index contributed by atoms with van der Waals surface area (Å²) in [5.74, 6) is 0.0380. The maximum atomic E-state index is 13.6. The Morgan fingerprint density at radius 3 is 2.58 bits per heavy atom. The predicted octanol–water partition coefficient (Wildman–Crippen LogP) is 6.22. The summed E-state index contributed by atoms with van der Waals surface area (Å²) in [4.78, 5) is 16.8. The van der Waals surface area contributed by atoms with Crippen molar-refractivity contribution in [1.82, 2.24) is 15.6 Å². The second-order valence-corrected chi connectivity index (χ2v) is 9.35. The van der Waals surface area contributed by atoms with E-state index in [9.17, 15) is 18.0 Å². The van der Waals surface area contributed by atoms with E-state index in [2.05, 4.69) is 20.4 Å². The SMILES string of the molecule is CC(Cc1c[nH]c2ccccc12)(NCc1cc2ccccc2o1)C(=O)NCc1cccc(OC(F)(F)F)c1. The number of alkyl halides is 3. The molecule has 3 N–H and O–H groups in total. The van der Waals surface area contributed by atoms with Gasteiger partial charge < -0.3 is 19.5 Å². The van der Waals surface area contributed by atoms with E-state index >= 15 is 0 Å². The van der Waals surface area contributed by atoms with Gasteiger partial charge in [0.25, 0.3) is 0 Å². The van der Waals surface area contributed by atoms with Crippen LogP contribution < -0.4 is 15.4 Å². The van der Waals surface area contributed by atoms with Crippen LogP contribution in [0.4, 0.5) is 13.2 Å². The Balaban J connectivity index is 1.36. The summed E-state index contributed by atoms with van der Waals surface area (Å²) in [5, 5.41) is 8.21. The minimum atomic E-state index is -4.79. The van der Waals surface area contributed by atoms with Crippen molar-refractivity contribution in [1.29, 1.82) is 0 Å². The van der Waals surface area contributed by atoms with Gasteiger partial charge in [-0.25, -0.2) is 0 Å². The van der Waals surface area contributed by atoms with E-state index in [-0.39, 0.29) is 18.2 Å². The zero-order valence-electron chi connectivity index (χ0n) is 20.6. The van der Waals surface area contributed by atoms with Crippen LogP contribution >= 0.6 is 0 Å². The number of para-hydroxylation sites is 2. The van der Waals surface area contributed by atoms with Crippen molar-refractivity contribution in [3.8, 4) is 5.75 Å². The molecule has 2 aromatic heterocycles. The van der Waals surface area contributed by atoms with E-state index in [0.717, 1.165) is 27.4 Å². The highest BCUT2D eigenvalue weighted by Gasteiger charge is 2.34. The summed E-state index contributed by atoms with van der Waals surface area (Å²) in [6, 6.07) is 23.0. The molecular weight excluding hydrogens is 495 g/mol. The zero-order valence-corrected chi connectivity index (χ0v) is 20.6. The molecule has 196 valence electrons. The van der Waals surface area contributed by atoms with Crippen molar-refractivity contribution in [2.45, 2.75) is 38.3 Å². The number of carbonyl (C=O) groups excluding carboxylic acids is 1. The number of hydrogen-bond acceptors (Lipinski definition) is 4. The number of amides is 1. The number of rotatable bonds is 9. The van der Waals surface area contributed by atoms with Gasteiger partial charge in [0.05, 0.1) is 12.1 Å². The molecule has 1 atom stereocenters. The van der Waals surface area contributed by atoms with Crippen molar-refractivity contribution < 1.29 is 27.1 Å². The van der Waals surface area contributed by atoms with Gasteiger partial charge in [0, 0.05) is 35.5 Å². The first-order chi connectivity index (χ1) is 18.2. The van der Waals surface area contributed by atoms with E-state index < -0.39 is 11.9 Å². The largest absolute Gasteiger partial charge is 0.573 e. The number of ether oxygens (including phenoxy) is 1. The number of aromatic nitrogens is 1. The minimum Gasteiger partial charge on any atom is -0.460 e. The van der Waals surface area contributed by atoms with Gasteiger partial charge in [-0.15, -0.1) is 13.2 Å². The molecule has 0 aliphatic rings. The molecule has 9 heteroatoms. The average molecular weight is 522 g/mol. The quantitative estimate of drug-likeness (QED) is 0.215. The first-order valence-corrected chi connectivity index (χ1v) is 12.1. The molecule has 1 unspecified atom stereocenters. The second-order valence-electron chi connectivity index (χ2n) is 9.35. The van der Waals surface area contributed by atoms with Gasteiger partial charge >= 0.3 is 6.36 Å². The third-order valence-electron chi connectivity index (χ3n) is 6.43. The number of hydrogen-bond donors (Lipinski definition) is 3. The molecule has 0 aliphatic carbocycles. The van der Waals surface area contributed by atoms with Crippen LogP contribution in [-0.2, 0) is 24.3 Å². The molecule has 0 saturated heterocycles. The van der Waals surface area contributed by atoms with Crippen molar-refractivity contribution in [2.24, 2.45) is 0 Å². The summed E-state index contributed by atoms with van der Waals surface area (Å²) in [6.07, 6.45) is -2.54. The fourth-order valence-corrected chi connectivity index (χ4v) is 4.52. The van der Waals surface area contributed by atoms with Crippen LogP contribution in [0.2, 0.25) is 0 Å². The first kappa shape index (κ1) is 25.4. The Hall–Kier alpha value is -4.24. The molecule has 1 amide bonds. The Morgan fingerprint density at radius 1 is 0.974 bits per heavy atom. The van der Waals surface area contributed by atoms with Crippen molar-refractivity contribution in [3.05, 3.63) is 102 Å². The fraction of sp³-hybridized carbons (Fsp3) is 0.207. The molecule has 3 aromatic carbocycles. The Labute approximate surface area is 216 Å². The number of benzene rings is 3. The summed E-state index contributed by atoms with van der Waals surface area (Å²) < 4.78 is 47.8. The van der Waals surface area contributed by atoms with E-state index in [1.807, 2.05) is 60.8 Å². The first-order valence-electron chi connectivity index (χ1n) is 12.1. The van der Waals surface area contributed by atoms with E-state index in [1.54, 1.807) is 13.0 Å². The molecule has 5 aromatic rings. The number of H-pyrrole nitrogens is 1. The molecular formula is C29H26F3N3O3. The predicted molar refractivity (Wildman–Crippen MR) is 138 cm³/mol. The molecule has 0 spiro atoms. The van der Waals surface area contributed by atoms with Crippen molar-refractivity contribution in [3.63, 3.8) is 0 Å². The third-order valence-corrected chi connectivity index (χ3v) is 6.43. The van der Waals surface area contributed by atoms with Gasteiger partial charge in [0.2, 0.25) is 5.91 Å². The molecule has 38 heavy (non-hydrogen) atoms. The summed E-state index contributed by atoms with van der Waals surface area (Å²) in [5.41, 5.74) is 2.09. The molecule has 0 aliphatic heterocycles. The monoisotopic (exact) mass is 521 g/mol. The van der Waals surface area contributed by atoms with Gasteiger partial charge in [0.15, 0.2) is 0 Å². The lowest BCUT2D eigenvalue weighted by Gasteiger charge is -2.29. The van der Waals surface area contributed by atoms with Crippen LogP contribution in [0, 0.1) is 0 Å². The minimum absolute atomic E-state index is 0.0314. The zero-order chi connectivity index (χ0) is 26.8. The smallest absolute Gasteiger partial charge is 0.460 e. The van der Waals surface area contributed by atoms with Gasteiger partial charge in [-0.2, -0.15) is 0 Å². The highest BCUT2D eigenvalue weighted by atomic mass is 19.4. The van der Waals surface area contributed by atoms with Crippen LogP contribution in [0.1, 0.15) is 23.8 Å². The van der Waals surface area contributed by atoms with E-state index in [0.29, 0.717) is 24.3 Å². The normalized spacial score (nSPS) is 13.5. The van der Waals surface area contributed by atoms with Crippen molar-refractivity contribution in [2.75, 3.05) is 0 Å². The topological polar surface area (TPSA) is 79.3 Å². The lowest BCUT2D eigenvalue weighted by atomic mass is 9.91. The van der Waals surface area contributed by atoms with Crippen molar-refractivity contribution >= 4 is 27.8 Å². The van der Waals surface area contributed by atoms with E-state index in [4.69, 9.17) is 4.42 Å². The molecule has 0 radical (unpaired) electrons.